The average molecular weight is 344 g/mol. The number of hydrogen-bond donors (Lipinski definition) is 1. The van der Waals surface area contributed by atoms with E-state index in [-0.39, 0.29) is 6.04 Å². The van der Waals surface area contributed by atoms with E-state index in [1.807, 2.05) is 37.3 Å². The molecule has 3 rings (SSSR count). The number of fused-ring (bicyclic) bond motifs is 1. The first-order valence-corrected chi connectivity index (χ1v) is 9.31. The third-order valence-electron chi connectivity index (χ3n) is 4.02. The molecule has 1 aliphatic rings. The van der Waals surface area contributed by atoms with E-state index in [0.29, 0.717) is 16.3 Å². The Balaban J connectivity index is 1.70. The molecular formula is C18H20N2O3S. The van der Waals surface area contributed by atoms with Crippen LogP contribution in [0.3, 0.4) is 0 Å². The molecule has 2 aromatic rings. The fourth-order valence-electron chi connectivity index (χ4n) is 2.68. The van der Waals surface area contributed by atoms with Crippen LogP contribution in [0.1, 0.15) is 24.5 Å². The van der Waals surface area contributed by atoms with E-state index in [9.17, 15) is 8.42 Å². The second kappa shape index (κ2) is 6.65. The highest BCUT2D eigenvalue weighted by atomic mass is 32.2. The van der Waals surface area contributed by atoms with E-state index in [2.05, 4.69) is 9.71 Å². The minimum Gasteiger partial charge on any atom is -0.497 e. The molecule has 0 saturated carbocycles. The highest BCUT2D eigenvalue weighted by molar-refractivity contribution is 7.90. The van der Waals surface area contributed by atoms with Crippen LogP contribution in [-0.4, -0.2) is 27.4 Å². The minimum absolute atomic E-state index is 0.0101. The van der Waals surface area contributed by atoms with Crippen molar-refractivity contribution in [2.24, 2.45) is 4.99 Å². The molecule has 1 aliphatic heterocycles. The molecule has 0 fully saturated rings. The molecule has 5 nitrogen and oxygen atoms in total. The Hall–Kier alpha value is -2.34. The fraction of sp³-hybridized carbons (Fsp3) is 0.278. The summed E-state index contributed by atoms with van der Waals surface area (Å²) in [6.07, 6.45) is 1.70. The number of methoxy groups -OCH3 is 1. The number of rotatable bonds is 5. The molecule has 0 radical (unpaired) electrons. The van der Waals surface area contributed by atoms with Gasteiger partial charge in [0.1, 0.15) is 11.6 Å². The highest BCUT2D eigenvalue weighted by Gasteiger charge is 2.30. The van der Waals surface area contributed by atoms with E-state index in [4.69, 9.17) is 4.74 Å². The van der Waals surface area contributed by atoms with Gasteiger partial charge in [-0.3, -0.25) is 9.71 Å². The van der Waals surface area contributed by atoms with Gasteiger partial charge in [0.15, 0.2) is 0 Å². The fourth-order valence-corrected chi connectivity index (χ4v) is 3.92. The first kappa shape index (κ1) is 16.5. The Labute approximate surface area is 142 Å². The summed E-state index contributed by atoms with van der Waals surface area (Å²) in [7, 11) is -1.82. The summed E-state index contributed by atoms with van der Waals surface area (Å²) in [6, 6.07) is 14.9. The van der Waals surface area contributed by atoms with E-state index in [0.717, 1.165) is 18.6 Å². The van der Waals surface area contributed by atoms with Crippen LogP contribution in [0, 0.1) is 0 Å². The smallest absolute Gasteiger partial charge is 0.263 e. The zero-order valence-electron chi connectivity index (χ0n) is 13.7. The van der Waals surface area contributed by atoms with Crippen LogP contribution in [0.5, 0.6) is 5.75 Å². The number of nitrogens with one attached hydrogen (secondary N) is 1. The summed E-state index contributed by atoms with van der Waals surface area (Å²) >= 11 is 0. The van der Waals surface area contributed by atoms with Crippen LogP contribution < -0.4 is 9.46 Å². The van der Waals surface area contributed by atoms with Crippen molar-refractivity contribution < 1.29 is 13.2 Å². The topological polar surface area (TPSA) is 67.8 Å². The molecule has 0 aliphatic carbocycles. The first-order chi connectivity index (χ1) is 11.5. The number of benzene rings is 2. The number of hydrogen-bond acceptors (Lipinski definition) is 4. The molecule has 1 N–H and O–H groups in total. The van der Waals surface area contributed by atoms with Crippen molar-refractivity contribution in [2.45, 2.75) is 30.7 Å². The normalized spacial score (nSPS) is 18.0. The first-order valence-electron chi connectivity index (χ1n) is 7.82. The molecule has 0 amide bonds. The van der Waals surface area contributed by atoms with Crippen LogP contribution in [-0.2, 0) is 16.4 Å². The van der Waals surface area contributed by atoms with Gasteiger partial charge in [-0.25, -0.2) is 8.42 Å². The van der Waals surface area contributed by atoms with Crippen molar-refractivity contribution in [1.29, 1.82) is 0 Å². The minimum atomic E-state index is -3.47. The summed E-state index contributed by atoms with van der Waals surface area (Å²) < 4.78 is 31.9. The van der Waals surface area contributed by atoms with Crippen molar-refractivity contribution in [3.8, 4) is 5.75 Å². The molecule has 1 unspecified atom stereocenters. The zero-order valence-corrected chi connectivity index (χ0v) is 14.5. The van der Waals surface area contributed by atoms with Crippen LogP contribution in [0.4, 0.5) is 0 Å². The SMILES string of the molecule is COc1ccc(CCC(C)N=C2NS(=O)(=O)c3ccccc32)cc1. The number of nitrogens with zero attached hydrogens (tertiary/aromatic N) is 1. The quantitative estimate of drug-likeness (QED) is 0.907. The maximum absolute atomic E-state index is 12.1. The Kier molecular flexibility index (Phi) is 4.57. The monoisotopic (exact) mass is 344 g/mol. The van der Waals surface area contributed by atoms with Crippen LogP contribution in [0.25, 0.3) is 0 Å². The molecule has 6 heteroatoms. The summed E-state index contributed by atoms with van der Waals surface area (Å²) in [6.45, 7) is 1.99. The standard InChI is InChI=1S/C18H20N2O3S/c1-13(7-8-14-9-11-15(23-2)12-10-14)19-18-16-5-3-4-6-17(16)24(21,22)20-18/h3-6,9-13H,7-8H2,1-2H3,(H,19,20). The van der Waals surface area contributed by atoms with E-state index in [1.165, 1.54) is 5.56 Å². The average Bonchev–Trinajstić information content (AvgIpc) is 2.84. The third-order valence-corrected chi connectivity index (χ3v) is 5.42. The predicted octanol–water partition coefficient (Wildman–Crippen LogP) is 2.76. The maximum atomic E-state index is 12.1. The molecule has 0 bridgehead atoms. The van der Waals surface area contributed by atoms with Gasteiger partial charge >= 0.3 is 0 Å². The lowest BCUT2D eigenvalue weighted by atomic mass is 10.1. The number of ether oxygens (including phenoxy) is 1. The predicted molar refractivity (Wildman–Crippen MR) is 94.1 cm³/mol. The van der Waals surface area contributed by atoms with Crippen LogP contribution >= 0.6 is 0 Å². The van der Waals surface area contributed by atoms with Gasteiger partial charge in [-0.15, -0.1) is 0 Å². The lowest BCUT2D eigenvalue weighted by Crippen LogP contribution is -2.23. The zero-order chi connectivity index (χ0) is 17.2. The van der Waals surface area contributed by atoms with Gasteiger partial charge in [-0.05, 0) is 49.6 Å². The summed E-state index contributed by atoms with van der Waals surface area (Å²) in [5.41, 5.74) is 1.85. The summed E-state index contributed by atoms with van der Waals surface area (Å²) in [4.78, 5) is 4.86. The van der Waals surface area contributed by atoms with Crippen molar-refractivity contribution >= 4 is 15.9 Å². The van der Waals surface area contributed by atoms with Gasteiger partial charge in [-0.2, -0.15) is 0 Å². The third kappa shape index (κ3) is 3.43. The summed E-state index contributed by atoms with van der Waals surface area (Å²) in [5, 5.41) is 0. The molecule has 2 aromatic carbocycles. The molecule has 0 aromatic heterocycles. The molecule has 1 atom stereocenters. The second-order valence-corrected chi connectivity index (χ2v) is 7.47. The van der Waals surface area contributed by atoms with Crippen molar-refractivity contribution in [3.63, 3.8) is 0 Å². The van der Waals surface area contributed by atoms with Crippen LogP contribution in [0.2, 0.25) is 0 Å². The Morgan fingerprint density at radius 1 is 1.12 bits per heavy atom. The molecule has 126 valence electrons. The molecule has 24 heavy (non-hydrogen) atoms. The Morgan fingerprint density at radius 3 is 2.54 bits per heavy atom. The number of aryl methyl sites for hydroxylation is 1. The van der Waals surface area contributed by atoms with Crippen molar-refractivity contribution in [3.05, 3.63) is 59.7 Å². The number of sulfonamides is 1. The highest BCUT2D eigenvalue weighted by Crippen LogP contribution is 2.23. The molecule has 1 heterocycles. The van der Waals surface area contributed by atoms with Gasteiger partial charge in [-0.1, -0.05) is 24.3 Å². The lowest BCUT2D eigenvalue weighted by Gasteiger charge is -2.09. The van der Waals surface area contributed by atoms with Crippen LogP contribution in [0.15, 0.2) is 58.4 Å². The Morgan fingerprint density at radius 2 is 1.83 bits per heavy atom. The summed E-state index contributed by atoms with van der Waals surface area (Å²) in [5.74, 6) is 1.27. The van der Waals surface area contributed by atoms with E-state index < -0.39 is 10.0 Å². The second-order valence-electron chi connectivity index (χ2n) is 5.82. The van der Waals surface area contributed by atoms with E-state index >= 15 is 0 Å². The van der Waals surface area contributed by atoms with Gasteiger partial charge < -0.3 is 4.74 Å². The largest absolute Gasteiger partial charge is 0.497 e. The number of aliphatic imine (C=N–C) groups is 1. The molecular weight excluding hydrogens is 324 g/mol. The van der Waals surface area contributed by atoms with Gasteiger partial charge in [0.05, 0.1) is 12.0 Å². The maximum Gasteiger partial charge on any atom is 0.263 e. The Bertz CT molecular complexity index is 858. The lowest BCUT2D eigenvalue weighted by molar-refractivity contribution is 0.414. The van der Waals surface area contributed by atoms with Gasteiger partial charge in [0.25, 0.3) is 10.0 Å². The van der Waals surface area contributed by atoms with Gasteiger partial charge in [0.2, 0.25) is 0 Å². The molecule has 0 saturated heterocycles. The van der Waals surface area contributed by atoms with E-state index in [1.54, 1.807) is 25.3 Å². The van der Waals surface area contributed by atoms with Gasteiger partial charge in [0, 0.05) is 11.6 Å². The van der Waals surface area contributed by atoms with Crippen molar-refractivity contribution in [2.75, 3.05) is 7.11 Å². The van der Waals surface area contributed by atoms with Crippen molar-refractivity contribution in [1.82, 2.24) is 4.72 Å². The molecule has 0 spiro atoms. The number of amidine groups is 1.